The van der Waals surface area contributed by atoms with Gasteiger partial charge in [-0.3, -0.25) is 0 Å². The van der Waals surface area contributed by atoms with Gasteiger partial charge in [0.25, 0.3) is 0 Å². The van der Waals surface area contributed by atoms with E-state index in [0.717, 1.165) is 5.69 Å². The fourth-order valence-corrected chi connectivity index (χ4v) is 1.13. The van der Waals surface area contributed by atoms with E-state index in [0.29, 0.717) is 16.8 Å². The predicted molar refractivity (Wildman–Crippen MR) is 54.6 cm³/mol. The Kier molecular flexibility index (Phi) is 2.82. The predicted octanol–water partition coefficient (Wildman–Crippen LogP) is 2.74. The summed E-state index contributed by atoms with van der Waals surface area (Å²) in [6.07, 6.45) is 0. The molecular weight excluding hydrogens is 172 g/mol. The summed E-state index contributed by atoms with van der Waals surface area (Å²) in [4.78, 5) is 0. The van der Waals surface area contributed by atoms with Gasteiger partial charge in [-0.05, 0) is 32.0 Å². The van der Waals surface area contributed by atoms with Crippen LogP contribution in [0.5, 0.6) is 0 Å². The summed E-state index contributed by atoms with van der Waals surface area (Å²) in [7, 11) is 0. The fourth-order valence-electron chi connectivity index (χ4n) is 0.950. The molecule has 0 atom stereocenters. The average molecular weight is 185 g/mol. The molecule has 1 rings (SSSR count). The molecule has 1 aromatic rings. The second kappa shape index (κ2) is 3.68. The third-order valence-corrected chi connectivity index (χ3v) is 1.78. The highest BCUT2D eigenvalue weighted by atomic mass is 35.5. The molecule has 0 radical (unpaired) electrons. The van der Waals surface area contributed by atoms with Crippen molar-refractivity contribution in [2.24, 2.45) is 0 Å². The third kappa shape index (κ3) is 2.31. The van der Waals surface area contributed by atoms with E-state index < -0.39 is 0 Å². The molecule has 0 aliphatic heterocycles. The van der Waals surface area contributed by atoms with E-state index in [1.807, 2.05) is 12.1 Å². The number of halogens is 1. The summed E-state index contributed by atoms with van der Waals surface area (Å²) < 4.78 is 0. The largest absolute Gasteiger partial charge is 0.398 e. The summed E-state index contributed by atoms with van der Waals surface area (Å²) >= 11 is 5.83. The van der Waals surface area contributed by atoms with Gasteiger partial charge < -0.3 is 11.1 Å². The number of nitrogen functional groups attached to an aromatic ring is 1. The molecular formula is C9H13ClN2. The van der Waals surface area contributed by atoms with Gasteiger partial charge in [0.1, 0.15) is 0 Å². The van der Waals surface area contributed by atoms with Crippen molar-refractivity contribution in [3.63, 3.8) is 0 Å². The molecule has 12 heavy (non-hydrogen) atoms. The first-order chi connectivity index (χ1) is 5.59. The normalized spacial score (nSPS) is 10.3. The van der Waals surface area contributed by atoms with Gasteiger partial charge >= 0.3 is 0 Å². The molecule has 0 amide bonds. The highest BCUT2D eigenvalue weighted by molar-refractivity contribution is 6.33. The molecule has 2 nitrogen and oxygen atoms in total. The Labute approximate surface area is 77.7 Å². The maximum atomic E-state index is 5.83. The fraction of sp³-hybridized carbons (Fsp3) is 0.333. The van der Waals surface area contributed by atoms with Crippen LogP contribution in [0.2, 0.25) is 5.02 Å². The molecule has 0 unspecified atom stereocenters. The number of nitrogens with two attached hydrogens (primary N) is 1. The van der Waals surface area contributed by atoms with Crippen LogP contribution < -0.4 is 11.1 Å². The number of hydrogen-bond acceptors (Lipinski definition) is 2. The van der Waals surface area contributed by atoms with Gasteiger partial charge in [0, 0.05) is 11.7 Å². The zero-order valence-corrected chi connectivity index (χ0v) is 8.02. The zero-order chi connectivity index (χ0) is 9.14. The van der Waals surface area contributed by atoms with Crippen molar-refractivity contribution in [3.05, 3.63) is 23.2 Å². The van der Waals surface area contributed by atoms with Gasteiger partial charge in [0.05, 0.1) is 10.7 Å². The molecule has 0 spiro atoms. The van der Waals surface area contributed by atoms with Crippen molar-refractivity contribution in [2.75, 3.05) is 11.1 Å². The summed E-state index contributed by atoms with van der Waals surface area (Å²) in [6.45, 7) is 4.15. The lowest BCUT2D eigenvalue weighted by Gasteiger charge is -2.10. The van der Waals surface area contributed by atoms with Crippen LogP contribution in [0, 0.1) is 0 Å². The van der Waals surface area contributed by atoms with E-state index in [2.05, 4.69) is 19.2 Å². The van der Waals surface area contributed by atoms with E-state index in [1.165, 1.54) is 0 Å². The molecule has 0 bridgehead atoms. The van der Waals surface area contributed by atoms with Gasteiger partial charge in [0.15, 0.2) is 0 Å². The lowest BCUT2D eigenvalue weighted by atomic mass is 10.2. The Morgan fingerprint density at radius 3 is 2.58 bits per heavy atom. The van der Waals surface area contributed by atoms with E-state index >= 15 is 0 Å². The van der Waals surface area contributed by atoms with Crippen molar-refractivity contribution in [2.45, 2.75) is 19.9 Å². The van der Waals surface area contributed by atoms with Crippen LogP contribution in [0.3, 0.4) is 0 Å². The highest BCUT2D eigenvalue weighted by Gasteiger charge is 1.98. The SMILES string of the molecule is CC(C)Nc1ccc(N)c(Cl)c1. The van der Waals surface area contributed by atoms with Crippen LogP contribution in [-0.2, 0) is 0 Å². The van der Waals surface area contributed by atoms with Crippen molar-refractivity contribution >= 4 is 23.0 Å². The van der Waals surface area contributed by atoms with E-state index in [-0.39, 0.29) is 0 Å². The van der Waals surface area contributed by atoms with Crippen molar-refractivity contribution in [3.8, 4) is 0 Å². The molecule has 3 heteroatoms. The monoisotopic (exact) mass is 184 g/mol. The third-order valence-electron chi connectivity index (χ3n) is 1.46. The summed E-state index contributed by atoms with van der Waals surface area (Å²) in [5, 5.41) is 3.83. The number of anilines is 2. The standard InChI is InChI=1S/C9H13ClN2/c1-6(2)12-7-3-4-9(11)8(10)5-7/h3-6,12H,11H2,1-2H3. The maximum absolute atomic E-state index is 5.83. The molecule has 0 aromatic heterocycles. The maximum Gasteiger partial charge on any atom is 0.0655 e. The molecule has 0 aliphatic rings. The Balaban J connectivity index is 2.82. The molecule has 0 heterocycles. The van der Waals surface area contributed by atoms with Crippen LogP contribution in [-0.4, -0.2) is 6.04 Å². The van der Waals surface area contributed by atoms with E-state index in [4.69, 9.17) is 17.3 Å². The average Bonchev–Trinajstić information content (AvgIpc) is 1.96. The first kappa shape index (κ1) is 9.20. The van der Waals surface area contributed by atoms with E-state index in [9.17, 15) is 0 Å². The van der Waals surface area contributed by atoms with Crippen molar-refractivity contribution < 1.29 is 0 Å². The topological polar surface area (TPSA) is 38.0 Å². The molecule has 0 fully saturated rings. The van der Waals surface area contributed by atoms with Crippen LogP contribution in [0.4, 0.5) is 11.4 Å². The zero-order valence-electron chi connectivity index (χ0n) is 7.26. The lowest BCUT2D eigenvalue weighted by Crippen LogP contribution is -2.09. The molecule has 0 aliphatic carbocycles. The molecule has 1 aromatic carbocycles. The number of nitrogens with one attached hydrogen (secondary N) is 1. The van der Waals surface area contributed by atoms with Gasteiger partial charge in [0.2, 0.25) is 0 Å². The molecule has 66 valence electrons. The molecule has 0 saturated heterocycles. The number of hydrogen-bond donors (Lipinski definition) is 2. The molecule has 0 saturated carbocycles. The number of rotatable bonds is 2. The van der Waals surface area contributed by atoms with Gasteiger partial charge in [-0.15, -0.1) is 0 Å². The minimum atomic E-state index is 0.407. The van der Waals surface area contributed by atoms with Gasteiger partial charge in [-0.1, -0.05) is 11.6 Å². The smallest absolute Gasteiger partial charge is 0.0655 e. The van der Waals surface area contributed by atoms with Crippen LogP contribution >= 0.6 is 11.6 Å². The lowest BCUT2D eigenvalue weighted by molar-refractivity contribution is 0.900. The van der Waals surface area contributed by atoms with Crippen LogP contribution in [0.1, 0.15) is 13.8 Å². The van der Waals surface area contributed by atoms with Crippen molar-refractivity contribution in [1.82, 2.24) is 0 Å². The highest BCUT2D eigenvalue weighted by Crippen LogP contribution is 2.22. The van der Waals surface area contributed by atoms with Gasteiger partial charge in [-0.2, -0.15) is 0 Å². The second-order valence-corrected chi connectivity index (χ2v) is 3.44. The first-order valence-corrected chi connectivity index (χ1v) is 4.29. The Bertz CT molecular complexity index is 271. The number of benzene rings is 1. The van der Waals surface area contributed by atoms with Crippen molar-refractivity contribution in [1.29, 1.82) is 0 Å². The second-order valence-electron chi connectivity index (χ2n) is 3.04. The Morgan fingerprint density at radius 1 is 1.42 bits per heavy atom. The summed E-state index contributed by atoms with van der Waals surface area (Å²) in [5.41, 5.74) is 7.18. The van der Waals surface area contributed by atoms with Crippen LogP contribution in [0.15, 0.2) is 18.2 Å². The first-order valence-electron chi connectivity index (χ1n) is 3.91. The Hall–Kier alpha value is -0.890. The molecule has 3 N–H and O–H groups in total. The van der Waals surface area contributed by atoms with E-state index in [1.54, 1.807) is 6.07 Å². The van der Waals surface area contributed by atoms with Gasteiger partial charge in [-0.25, -0.2) is 0 Å². The summed E-state index contributed by atoms with van der Waals surface area (Å²) in [6, 6.07) is 5.95. The minimum absolute atomic E-state index is 0.407. The Morgan fingerprint density at radius 2 is 2.08 bits per heavy atom. The quantitative estimate of drug-likeness (QED) is 0.694. The van der Waals surface area contributed by atoms with Crippen LogP contribution in [0.25, 0.3) is 0 Å². The minimum Gasteiger partial charge on any atom is -0.398 e. The summed E-state index contributed by atoms with van der Waals surface area (Å²) in [5.74, 6) is 0.